The summed E-state index contributed by atoms with van der Waals surface area (Å²) >= 11 is 0. The summed E-state index contributed by atoms with van der Waals surface area (Å²) in [5.41, 5.74) is 7.31. The Morgan fingerprint density at radius 3 is 2.94 bits per heavy atom. The SMILES string of the molecule is C#CCN(CCC)C(=O)c1cc(N)cnc1C. The van der Waals surface area contributed by atoms with Gasteiger partial charge in [0.1, 0.15) is 0 Å². The van der Waals surface area contributed by atoms with Crippen LogP contribution >= 0.6 is 0 Å². The van der Waals surface area contributed by atoms with Crippen LogP contribution in [0.4, 0.5) is 5.69 Å². The van der Waals surface area contributed by atoms with Gasteiger partial charge in [-0.3, -0.25) is 9.78 Å². The van der Waals surface area contributed by atoms with Gasteiger partial charge in [0, 0.05) is 6.54 Å². The van der Waals surface area contributed by atoms with Gasteiger partial charge in [-0.1, -0.05) is 12.8 Å². The van der Waals surface area contributed by atoms with Crippen LogP contribution in [0.1, 0.15) is 29.4 Å². The van der Waals surface area contributed by atoms with Gasteiger partial charge in [0.15, 0.2) is 0 Å². The van der Waals surface area contributed by atoms with Crippen molar-refractivity contribution in [3.8, 4) is 12.3 Å². The molecule has 0 atom stereocenters. The van der Waals surface area contributed by atoms with Gasteiger partial charge in [-0.25, -0.2) is 0 Å². The van der Waals surface area contributed by atoms with Crippen molar-refractivity contribution in [2.45, 2.75) is 20.3 Å². The summed E-state index contributed by atoms with van der Waals surface area (Å²) in [7, 11) is 0. The largest absolute Gasteiger partial charge is 0.397 e. The van der Waals surface area contributed by atoms with Crippen molar-refractivity contribution in [1.29, 1.82) is 0 Å². The molecule has 0 spiro atoms. The number of aryl methyl sites for hydroxylation is 1. The van der Waals surface area contributed by atoms with Crippen LogP contribution in [0.5, 0.6) is 0 Å². The summed E-state index contributed by atoms with van der Waals surface area (Å²) in [5.74, 6) is 2.38. The number of rotatable bonds is 4. The quantitative estimate of drug-likeness (QED) is 0.798. The van der Waals surface area contributed by atoms with E-state index in [1.165, 1.54) is 6.20 Å². The first-order valence-electron chi connectivity index (χ1n) is 5.55. The predicted molar refractivity (Wildman–Crippen MR) is 68.4 cm³/mol. The topological polar surface area (TPSA) is 59.2 Å². The van der Waals surface area contributed by atoms with Crippen LogP contribution in [-0.4, -0.2) is 28.9 Å². The number of hydrogen-bond acceptors (Lipinski definition) is 3. The number of nitrogens with zero attached hydrogens (tertiary/aromatic N) is 2. The molecule has 0 aliphatic rings. The first-order chi connectivity index (χ1) is 8.10. The summed E-state index contributed by atoms with van der Waals surface area (Å²) in [4.78, 5) is 17.9. The molecule has 0 fully saturated rings. The lowest BCUT2D eigenvalue weighted by Crippen LogP contribution is -2.32. The van der Waals surface area contributed by atoms with Gasteiger partial charge in [0.25, 0.3) is 5.91 Å². The summed E-state index contributed by atoms with van der Waals surface area (Å²) in [5, 5.41) is 0. The molecule has 0 unspecified atom stereocenters. The summed E-state index contributed by atoms with van der Waals surface area (Å²) < 4.78 is 0. The Morgan fingerprint density at radius 2 is 2.35 bits per heavy atom. The van der Waals surface area contributed by atoms with E-state index in [4.69, 9.17) is 12.2 Å². The third-order valence-electron chi connectivity index (χ3n) is 2.40. The van der Waals surface area contributed by atoms with E-state index in [9.17, 15) is 4.79 Å². The van der Waals surface area contributed by atoms with E-state index in [0.29, 0.717) is 30.0 Å². The van der Waals surface area contributed by atoms with Gasteiger partial charge in [-0.15, -0.1) is 6.42 Å². The third kappa shape index (κ3) is 3.22. The molecule has 1 amide bonds. The molecule has 0 aromatic carbocycles. The molecule has 1 aromatic heterocycles. The van der Waals surface area contributed by atoms with E-state index in [0.717, 1.165) is 6.42 Å². The lowest BCUT2D eigenvalue weighted by molar-refractivity contribution is 0.0775. The van der Waals surface area contributed by atoms with Gasteiger partial charge in [-0.2, -0.15) is 0 Å². The standard InChI is InChI=1S/C13H17N3O/c1-4-6-16(7-5-2)13(17)12-8-11(14)9-15-10(12)3/h1,8-9H,5-7,14H2,2-3H3. The van der Waals surface area contributed by atoms with E-state index in [1.54, 1.807) is 17.9 Å². The van der Waals surface area contributed by atoms with Crippen molar-refractivity contribution in [3.05, 3.63) is 23.5 Å². The number of terminal acetylenes is 1. The molecule has 1 heterocycles. The van der Waals surface area contributed by atoms with Gasteiger partial charge in [-0.05, 0) is 19.4 Å². The summed E-state index contributed by atoms with van der Waals surface area (Å²) in [6.45, 7) is 4.73. The van der Waals surface area contributed by atoms with Crippen molar-refractivity contribution in [2.24, 2.45) is 0 Å². The molecule has 0 radical (unpaired) electrons. The molecule has 0 saturated carbocycles. The number of nitrogen functional groups attached to an aromatic ring is 1. The number of nitrogens with two attached hydrogens (primary N) is 1. The molecule has 90 valence electrons. The number of carbonyl (C=O) groups is 1. The van der Waals surface area contributed by atoms with Crippen LogP contribution in [0.3, 0.4) is 0 Å². The van der Waals surface area contributed by atoms with Crippen molar-refractivity contribution in [2.75, 3.05) is 18.8 Å². The molecule has 4 nitrogen and oxygen atoms in total. The maximum Gasteiger partial charge on any atom is 0.256 e. The molecule has 17 heavy (non-hydrogen) atoms. The zero-order chi connectivity index (χ0) is 12.8. The Kier molecular flexibility index (Phi) is 4.53. The molecular weight excluding hydrogens is 214 g/mol. The Morgan fingerprint density at radius 1 is 1.65 bits per heavy atom. The molecule has 0 bridgehead atoms. The highest BCUT2D eigenvalue weighted by Crippen LogP contribution is 2.12. The first kappa shape index (κ1) is 13.0. The smallest absolute Gasteiger partial charge is 0.256 e. The van der Waals surface area contributed by atoms with Crippen molar-refractivity contribution >= 4 is 11.6 Å². The highest BCUT2D eigenvalue weighted by atomic mass is 16.2. The molecular formula is C13H17N3O. The Balaban J connectivity index is 3.00. The summed E-state index contributed by atoms with van der Waals surface area (Å²) in [6, 6.07) is 1.64. The van der Waals surface area contributed by atoms with Crippen molar-refractivity contribution < 1.29 is 4.79 Å². The van der Waals surface area contributed by atoms with E-state index >= 15 is 0 Å². The zero-order valence-corrected chi connectivity index (χ0v) is 10.2. The van der Waals surface area contributed by atoms with Gasteiger partial charge >= 0.3 is 0 Å². The van der Waals surface area contributed by atoms with Crippen LogP contribution in [-0.2, 0) is 0 Å². The first-order valence-corrected chi connectivity index (χ1v) is 5.55. The number of hydrogen-bond donors (Lipinski definition) is 1. The van der Waals surface area contributed by atoms with Crippen LogP contribution in [0.25, 0.3) is 0 Å². The Bertz CT molecular complexity index is 448. The molecule has 0 saturated heterocycles. The zero-order valence-electron chi connectivity index (χ0n) is 10.2. The number of pyridine rings is 1. The highest BCUT2D eigenvalue weighted by molar-refractivity contribution is 5.96. The van der Waals surface area contributed by atoms with Crippen LogP contribution in [0, 0.1) is 19.3 Å². The fourth-order valence-electron chi connectivity index (χ4n) is 1.57. The predicted octanol–water partition coefficient (Wildman–Crippen LogP) is 1.46. The van der Waals surface area contributed by atoms with Gasteiger partial charge < -0.3 is 10.6 Å². The molecule has 0 aliphatic carbocycles. The second-order valence-electron chi connectivity index (χ2n) is 3.83. The molecule has 2 N–H and O–H groups in total. The lowest BCUT2D eigenvalue weighted by atomic mass is 10.1. The Labute approximate surface area is 102 Å². The minimum atomic E-state index is -0.109. The average Bonchev–Trinajstić information content (AvgIpc) is 2.31. The minimum absolute atomic E-state index is 0.109. The molecule has 1 aromatic rings. The number of amides is 1. The van der Waals surface area contributed by atoms with E-state index in [2.05, 4.69) is 10.9 Å². The molecule has 0 aliphatic heterocycles. The molecule has 1 rings (SSSR count). The van der Waals surface area contributed by atoms with E-state index in [-0.39, 0.29) is 5.91 Å². The highest BCUT2D eigenvalue weighted by Gasteiger charge is 2.17. The summed E-state index contributed by atoms with van der Waals surface area (Å²) in [6.07, 6.45) is 7.66. The van der Waals surface area contributed by atoms with Crippen LogP contribution in [0.15, 0.2) is 12.3 Å². The second-order valence-corrected chi connectivity index (χ2v) is 3.83. The maximum absolute atomic E-state index is 12.2. The van der Waals surface area contributed by atoms with E-state index < -0.39 is 0 Å². The van der Waals surface area contributed by atoms with Crippen LogP contribution < -0.4 is 5.73 Å². The Hall–Kier alpha value is -2.02. The second kappa shape index (κ2) is 5.90. The average molecular weight is 231 g/mol. The monoisotopic (exact) mass is 231 g/mol. The fourth-order valence-corrected chi connectivity index (χ4v) is 1.57. The molecule has 4 heteroatoms. The number of aromatic nitrogens is 1. The van der Waals surface area contributed by atoms with Gasteiger partial charge in [0.05, 0.1) is 29.7 Å². The van der Waals surface area contributed by atoms with E-state index in [1.807, 2.05) is 6.92 Å². The van der Waals surface area contributed by atoms with Crippen LogP contribution in [0.2, 0.25) is 0 Å². The number of carbonyl (C=O) groups excluding carboxylic acids is 1. The van der Waals surface area contributed by atoms with Crippen molar-refractivity contribution in [3.63, 3.8) is 0 Å². The van der Waals surface area contributed by atoms with Gasteiger partial charge in [0.2, 0.25) is 0 Å². The number of anilines is 1. The fraction of sp³-hybridized carbons (Fsp3) is 0.385. The lowest BCUT2D eigenvalue weighted by Gasteiger charge is -2.20. The minimum Gasteiger partial charge on any atom is -0.397 e. The third-order valence-corrected chi connectivity index (χ3v) is 2.40. The van der Waals surface area contributed by atoms with Crippen molar-refractivity contribution in [1.82, 2.24) is 9.88 Å². The normalized spacial score (nSPS) is 9.71. The maximum atomic E-state index is 12.2.